The second-order valence-electron chi connectivity index (χ2n) is 4.31. The number of hydrogen-bond donors (Lipinski definition) is 1. The van der Waals surface area contributed by atoms with Crippen molar-refractivity contribution >= 4 is 21.8 Å². The van der Waals surface area contributed by atoms with Crippen molar-refractivity contribution in [3.63, 3.8) is 0 Å². The van der Waals surface area contributed by atoms with Gasteiger partial charge in [0.05, 0.1) is 11.1 Å². The van der Waals surface area contributed by atoms with Crippen molar-refractivity contribution in [3.8, 4) is 5.75 Å². The highest BCUT2D eigenvalue weighted by atomic mass is 79.9. The monoisotopic (exact) mass is 333 g/mol. The highest BCUT2D eigenvalue weighted by Crippen LogP contribution is 2.26. The second-order valence-corrected chi connectivity index (χ2v) is 5.16. The molecule has 1 N–H and O–H groups in total. The summed E-state index contributed by atoms with van der Waals surface area (Å²) in [5, 5.41) is 2.59. The predicted molar refractivity (Wildman–Crippen MR) is 83.2 cm³/mol. The van der Waals surface area contributed by atoms with E-state index in [1.54, 1.807) is 25.2 Å². The molecule has 2 aromatic rings. The van der Waals surface area contributed by atoms with Crippen LogP contribution in [0.2, 0.25) is 0 Å². The van der Waals surface area contributed by atoms with Crippen LogP contribution in [0.15, 0.2) is 53.0 Å². The molecule has 0 spiro atoms. The highest BCUT2D eigenvalue weighted by molar-refractivity contribution is 9.10. The Balaban J connectivity index is 1.95. The van der Waals surface area contributed by atoms with Gasteiger partial charge in [0.2, 0.25) is 0 Å². The number of benzene rings is 2. The van der Waals surface area contributed by atoms with Crippen LogP contribution in [0.25, 0.3) is 0 Å². The zero-order chi connectivity index (χ0) is 14.4. The normalized spacial score (nSPS) is 10.1. The number of halogens is 1. The summed E-state index contributed by atoms with van der Waals surface area (Å²) in [6, 6.07) is 15.5. The SMILES string of the molecule is CNC(=O)c1ccc(OCCc2ccccc2)c(Br)c1. The Morgan fingerprint density at radius 2 is 1.95 bits per heavy atom. The molecule has 0 fully saturated rings. The number of amides is 1. The zero-order valence-electron chi connectivity index (χ0n) is 11.2. The Kier molecular flexibility index (Phi) is 5.18. The van der Waals surface area contributed by atoms with Crippen LogP contribution < -0.4 is 10.1 Å². The lowest BCUT2D eigenvalue weighted by molar-refractivity contribution is 0.0963. The summed E-state index contributed by atoms with van der Waals surface area (Å²) in [5.74, 6) is 0.634. The second kappa shape index (κ2) is 7.10. The fourth-order valence-corrected chi connectivity index (χ4v) is 2.32. The van der Waals surface area contributed by atoms with Gasteiger partial charge in [0.25, 0.3) is 5.91 Å². The molecular weight excluding hydrogens is 318 g/mol. The summed E-state index contributed by atoms with van der Waals surface area (Å²) >= 11 is 3.43. The van der Waals surface area contributed by atoms with Gasteiger partial charge in [-0.1, -0.05) is 30.3 Å². The molecule has 0 aliphatic heterocycles. The Hall–Kier alpha value is -1.81. The van der Waals surface area contributed by atoms with E-state index in [0.29, 0.717) is 12.2 Å². The van der Waals surface area contributed by atoms with Crippen molar-refractivity contribution in [1.82, 2.24) is 5.32 Å². The van der Waals surface area contributed by atoms with Gasteiger partial charge in [0.15, 0.2) is 0 Å². The molecule has 0 aliphatic rings. The molecule has 0 aliphatic carbocycles. The molecular formula is C16H16BrNO2. The predicted octanol–water partition coefficient (Wildman–Crippen LogP) is 3.43. The lowest BCUT2D eigenvalue weighted by Crippen LogP contribution is -2.17. The van der Waals surface area contributed by atoms with Gasteiger partial charge in [0, 0.05) is 19.0 Å². The molecule has 0 bridgehead atoms. The van der Waals surface area contributed by atoms with E-state index < -0.39 is 0 Å². The number of nitrogens with one attached hydrogen (secondary N) is 1. The van der Waals surface area contributed by atoms with E-state index in [-0.39, 0.29) is 5.91 Å². The molecule has 4 heteroatoms. The minimum Gasteiger partial charge on any atom is -0.492 e. The molecule has 104 valence electrons. The van der Waals surface area contributed by atoms with Crippen LogP contribution >= 0.6 is 15.9 Å². The van der Waals surface area contributed by atoms with E-state index in [2.05, 4.69) is 33.4 Å². The molecule has 0 heterocycles. The molecule has 1 amide bonds. The van der Waals surface area contributed by atoms with Gasteiger partial charge in [-0.15, -0.1) is 0 Å². The summed E-state index contributed by atoms with van der Waals surface area (Å²) in [7, 11) is 1.61. The maximum atomic E-state index is 11.5. The van der Waals surface area contributed by atoms with Crippen LogP contribution in [0.1, 0.15) is 15.9 Å². The Morgan fingerprint density at radius 3 is 2.60 bits per heavy atom. The molecule has 0 aromatic heterocycles. The van der Waals surface area contributed by atoms with Gasteiger partial charge < -0.3 is 10.1 Å². The van der Waals surface area contributed by atoms with E-state index >= 15 is 0 Å². The lowest BCUT2D eigenvalue weighted by Gasteiger charge is -2.09. The molecule has 2 rings (SSSR count). The number of rotatable bonds is 5. The van der Waals surface area contributed by atoms with Gasteiger partial charge in [0.1, 0.15) is 5.75 Å². The maximum Gasteiger partial charge on any atom is 0.251 e. The van der Waals surface area contributed by atoms with Crippen LogP contribution in [0.5, 0.6) is 5.75 Å². The highest BCUT2D eigenvalue weighted by Gasteiger charge is 2.07. The number of carbonyl (C=O) groups excluding carboxylic acids is 1. The van der Waals surface area contributed by atoms with E-state index in [1.807, 2.05) is 18.2 Å². The van der Waals surface area contributed by atoms with Crippen molar-refractivity contribution in [1.29, 1.82) is 0 Å². The maximum absolute atomic E-state index is 11.5. The van der Waals surface area contributed by atoms with Crippen LogP contribution in [-0.2, 0) is 6.42 Å². The molecule has 20 heavy (non-hydrogen) atoms. The van der Waals surface area contributed by atoms with Gasteiger partial charge in [-0.2, -0.15) is 0 Å². The van der Waals surface area contributed by atoms with Gasteiger partial charge >= 0.3 is 0 Å². The molecule has 0 saturated carbocycles. The van der Waals surface area contributed by atoms with Crippen molar-refractivity contribution in [2.24, 2.45) is 0 Å². The van der Waals surface area contributed by atoms with Crippen molar-refractivity contribution in [2.75, 3.05) is 13.7 Å². The van der Waals surface area contributed by atoms with E-state index in [0.717, 1.165) is 16.6 Å². The minimum atomic E-state index is -0.110. The standard InChI is InChI=1S/C16H16BrNO2/c1-18-16(19)13-7-8-15(14(17)11-13)20-10-9-12-5-3-2-4-6-12/h2-8,11H,9-10H2,1H3,(H,18,19). The first kappa shape index (κ1) is 14.6. The Bertz CT molecular complexity index is 584. The summed E-state index contributed by atoms with van der Waals surface area (Å²) in [5.41, 5.74) is 1.85. The fourth-order valence-electron chi connectivity index (χ4n) is 1.83. The molecule has 0 unspecified atom stereocenters. The van der Waals surface area contributed by atoms with E-state index in [1.165, 1.54) is 5.56 Å². The van der Waals surface area contributed by atoms with Gasteiger partial charge in [-0.05, 0) is 39.7 Å². The molecule has 2 aromatic carbocycles. The van der Waals surface area contributed by atoms with Crippen LogP contribution in [0.3, 0.4) is 0 Å². The van der Waals surface area contributed by atoms with Crippen LogP contribution in [0.4, 0.5) is 0 Å². The van der Waals surface area contributed by atoms with Crippen molar-refractivity contribution < 1.29 is 9.53 Å². The molecule has 0 radical (unpaired) electrons. The summed E-state index contributed by atoms with van der Waals surface area (Å²) in [6.07, 6.45) is 0.852. The first-order valence-corrected chi connectivity index (χ1v) is 7.18. The number of carbonyl (C=O) groups is 1. The minimum absolute atomic E-state index is 0.110. The molecule has 3 nitrogen and oxygen atoms in total. The fraction of sp³-hybridized carbons (Fsp3) is 0.188. The molecule has 0 saturated heterocycles. The average Bonchev–Trinajstić information content (AvgIpc) is 2.49. The van der Waals surface area contributed by atoms with Crippen molar-refractivity contribution in [2.45, 2.75) is 6.42 Å². The van der Waals surface area contributed by atoms with E-state index in [4.69, 9.17) is 4.74 Å². The number of ether oxygens (including phenoxy) is 1. The summed E-state index contributed by atoms with van der Waals surface area (Å²) in [4.78, 5) is 11.5. The average molecular weight is 334 g/mol. The van der Waals surface area contributed by atoms with Gasteiger partial charge in [-0.25, -0.2) is 0 Å². The first-order chi connectivity index (χ1) is 9.70. The summed E-state index contributed by atoms with van der Waals surface area (Å²) in [6.45, 7) is 0.599. The van der Waals surface area contributed by atoms with Crippen molar-refractivity contribution in [3.05, 3.63) is 64.1 Å². The largest absolute Gasteiger partial charge is 0.492 e. The summed E-state index contributed by atoms with van der Waals surface area (Å²) < 4.78 is 6.51. The van der Waals surface area contributed by atoms with E-state index in [9.17, 15) is 4.79 Å². The van der Waals surface area contributed by atoms with Crippen LogP contribution in [-0.4, -0.2) is 19.6 Å². The number of hydrogen-bond acceptors (Lipinski definition) is 2. The topological polar surface area (TPSA) is 38.3 Å². The zero-order valence-corrected chi connectivity index (χ0v) is 12.8. The van der Waals surface area contributed by atoms with Gasteiger partial charge in [-0.3, -0.25) is 4.79 Å². The van der Waals surface area contributed by atoms with Crippen LogP contribution in [0, 0.1) is 0 Å². The quantitative estimate of drug-likeness (QED) is 0.910. The third kappa shape index (κ3) is 3.84. The first-order valence-electron chi connectivity index (χ1n) is 6.39. The Labute approximate surface area is 127 Å². The lowest BCUT2D eigenvalue weighted by atomic mass is 10.2. The third-order valence-electron chi connectivity index (χ3n) is 2.91. The third-order valence-corrected chi connectivity index (χ3v) is 3.53. The molecule has 0 atom stereocenters. The Morgan fingerprint density at radius 1 is 1.20 bits per heavy atom. The smallest absolute Gasteiger partial charge is 0.251 e.